The van der Waals surface area contributed by atoms with Crippen LogP contribution in [-0.2, 0) is 16.2 Å². The van der Waals surface area contributed by atoms with Crippen molar-refractivity contribution in [2.24, 2.45) is 10.9 Å². The van der Waals surface area contributed by atoms with Crippen LogP contribution in [0.2, 0.25) is 5.02 Å². The van der Waals surface area contributed by atoms with E-state index in [0.717, 1.165) is 11.1 Å². The van der Waals surface area contributed by atoms with Crippen molar-refractivity contribution in [3.05, 3.63) is 70.2 Å². The molecule has 0 atom stereocenters. The van der Waals surface area contributed by atoms with Crippen molar-refractivity contribution in [1.82, 2.24) is 4.90 Å². The summed E-state index contributed by atoms with van der Waals surface area (Å²) < 4.78 is 0. The number of amides is 1. The van der Waals surface area contributed by atoms with E-state index in [1.165, 1.54) is 0 Å². The van der Waals surface area contributed by atoms with Crippen LogP contribution < -0.4 is 5.73 Å². The zero-order chi connectivity index (χ0) is 17.5. The highest BCUT2D eigenvalue weighted by Gasteiger charge is 2.11. The first-order valence-electron chi connectivity index (χ1n) is 7.47. The highest BCUT2D eigenvalue weighted by atomic mass is 35.5. The first-order chi connectivity index (χ1) is 11.5. The van der Waals surface area contributed by atoms with Crippen LogP contribution in [0.3, 0.4) is 0 Å². The van der Waals surface area contributed by atoms with Gasteiger partial charge in [-0.2, -0.15) is 0 Å². The van der Waals surface area contributed by atoms with Gasteiger partial charge in [-0.15, -0.1) is 0 Å². The lowest BCUT2D eigenvalue weighted by Crippen LogP contribution is -2.30. The average Bonchev–Trinajstić information content (AvgIpc) is 2.56. The molecule has 0 aliphatic heterocycles. The minimum absolute atomic E-state index is 0.173. The lowest BCUT2D eigenvalue weighted by molar-refractivity contribution is -0.135. The van der Waals surface area contributed by atoms with Crippen LogP contribution in [0.1, 0.15) is 16.7 Å². The SMILES string of the molecule is Cc1ccccc1CN(C)C(=O)CO/N=C(\N)c1cccc(Cl)c1. The molecule has 5 nitrogen and oxygen atoms in total. The van der Waals surface area contributed by atoms with Crippen molar-refractivity contribution in [2.75, 3.05) is 13.7 Å². The molecule has 2 N–H and O–H groups in total. The van der Waals surface area contributed by atoms with Crippen molar-refractivity contribution in [2.45, 2.75) is 13.5 Å². The van der Waals surface area contributed by atoms with E-state index in [9.17, 15) is 4.79 Å². The largest absolute Gasteiger partial charge is 0.384 e. The Kier molecular flexibility index (Phi) is 6.21. The Balaban J connectivity index is 1.88. The number of nitrogens with two attached hydrogens (primary N) is 1. The molecule has 0 aliphatic rings. The summed E-state index contributed by atoms with van der Waals surface area (Å²) in [6, 6.07) is 14.9. The van der Waals surface area contributed by atoms with E-state index >= 15 is 0 Å². The first-order valence-corrected chi connectivity index (χ1v) is 7.85. The predicted molar refractivity (Wildman–Crippen MR) is 95.8 cm³/mol. The Morgan fingerprint density at radius 2 is 2.00 bits per heavy atom. The topological polar surface area (TPSA) is 67.9 Å². The maximum Gasteiger partial charge on any atom is 0.263 e. The Bertz CT molecular complexity index is 747. The van der Waals surface area contributed by atoms with E-state index in [0.29, 0.717) is 17.1 Å². The number of aryl methyl sites for hydroxylation is 1. The fourth-order valence-corrected chi connectivity index (χ4v) is 2.29. The maximum atomic E-state index is 12.1. The molecular weight excluding hydrogens is 326 g/mol. The number of benzene rings is 2. The Hall–Kier alpha value is -2.53. The van der Waals surface area contributed by atoms with Crippen LogP contribution >= 0.6 is 11.6 Å². The van der Waals surface area contributed by atoms with E-state index in [4.69, 9.17) is 22.2 Å². The molecule has 0 saturated carbocycles. The molecule has 0 bridgehead atoms. The third-order valence-corrected chi connectivity index (χ3v) is 3.80. The highest BCUT2D eigenvalue weighted by Crippen LogP contribution is 2.11. The summed E-state index contributed by atoms with van der Waals surface area (Å²) in [5.74, 6) is -0.00671. The van der Waals surface area contributed by atoms with Crippen LogP contribution in [-0.4, -0.2) is 30.3 Å². The van der Waals surface area contributed by atoms with Crippen LogP contribution in [0, 0.1) is 6.92 Å². The van der Waals surface area contributed by atoms with Gasteiger partial charge in [0.05, 0.1) is 0 Å². The molecular formula is C18H20ClN3O2. The molecule has 2 aromatic rings. The van der Waals surface area contributed by atoms with Gasteiger partial charge in [0.1, 0.15) is 0 Å². The number of oxime groups is 1. The van der Waals surface area contributed by atoms with E-state index in [1.54, 1.807) is 36.2 Å². The molecule has 0 spiro atoms. The zero-order valence-corrected chi connectivity index (χ0v) is 14.5. The normalized spacial score (nSPS) is 11.2. The molecule has 0 heterocycles. The summed E-state index contributed by atoms with van der Waals surface area (Å²) in [5.41, 5.74) is 8.69. The molecule has 0 aliphatic carbocycles. The molecule has 24 heavy (non-hydrogen) atoms. The van der Waals surface area contributed by atoms with Gasteiger partial charge in [-0.1, -0.05) is 53.2 Å². The van der Waals surface area contributed by atoms with Crippen molar-refractivity contribution in [3.8, 4) is 0 Å². The van der Waals surface area contributed by atoms with E-state index < -0.39 is 0 Å². The summed E-state index contributed by atoms with van der Waals surface area (Å²) in [7, 11) is 1.72. The monoisotopic (exact) mass is 345 g/mol. The minimum Gasteiger partial charge on any atom is -0.384 e. The quantitative estimate of drug-likeness (QED) is 0.497. The van der Waals surface area contributed by atoms with Crippen LogP contribution in [0.4, 0.5) is 0 Å². The molecule has 126 valence electrons. The van der Waals surface area contributed by atoms with Crippen molar-refractivity contribution in [1.29, 1.82) is 0 Å². The predicted octanol–water partition coefficient (Wildman–Crippen LogP) is 2.94. The fourth-order valence-electron chi connectivity index (χ4n) is 2.10. The second-order valence-electron chi connectivity index (χ2n) is 5.44. The number of amidine groups is 1. The molecule has 0 radical (unpaired) electrons. The van der Waals surface area contributed by atoms with Crippen molar-refractivity contribution >= 4 is 23.3 Å². The molecule has 2 aromatic carbocycles. The number of likely N-dealkylation sites (N-methyl/N-ethyl adjacent to an activating group) is 1. The van der Waals surface area contributed by atoms with Gasteiger partial charge < -0.3 is 15.5 Å². The molecule has 1 amide bonds. The van der Waals surface area contributed by atoms with Gasteiger partial charge in [-0.05, 0) is 30.2 Å². The van der Waals surface area contributed by atoms with Crippen LogP contribution in [0.25, 0.3) is 0 Å². The molecule has 0 saturated heterocycles. The third-order valence-electron chi connectivity index (χ3n) is 3.57. The number of rotatable bonds is 6. The van der Waals surface area contributed by atoms with Gasteiger partial charge in [-0.3, -0.25) is 4.79 Å². The van der Waals surface area contributed by atoms with Gasteiger partial charge in [0.25, 0.3) is 5.91 Å². The number of nitrogens with zero attached hydrogens (tertiary/aromatic N) is 2. The van der Waals surface area contributed by atoms with E-state index in [1.807, 2.05) is 31.2 Å². The van der Waals surface area contributed by atoms with Gasteiger partial charge in [0.15, 0.2) is 12.4 Å². The summed E-state index contributed by atoms with van der Waals surface area (Å²) >= 11 is 5.89. The van der Waals surface area contributed by atoms with Gasteiger partial charge in [0, 0.05) is 24.2 Å². The summed E-state index contributed by atoms with van der Waals surface area (Å²) in [6.45, 7) is 2.35. The summed E-state index contributed by atoms with van der Waals surface area (Å²) in [5, 5.41) is 4.33. The first kappa shape index (κ1) is 17.8. The van der Waals surface area contributed by atoms with Crippen molar-refractivity contribution < 1.29 is 9.63 Å². The minimum atomic E-state index is -0.180. The Labute approximate surface area is 146 Å². The number of hydrogen-bond acceptors (Lipinski definition) is 3. The van der Waals surface area contributed by atoms with Gasteiger partial charge >= 0.3 is 0 Å². The number of carbonyl (C=O) groups excluding carboxylic acids is 1. The molecule has 0 fully saturated rings. The lowest BCUT2D eigenvalue weighted by Gasteiger charge is -2.17. The molecule has 0 aromatic heterocycles. The van der Waals surface area contributed by atoms with Crippen LogP contribution in [0.5, 0.6) is 0 Å². The van der Waals surface area contributed by atoms with E-state index in [-0.39, 0.29) is 18.3 Å². The Morgan fingerprint density at radius 3 is 2.71 bits per heavy atom. The number of halogens is 1. The highest BCUT2D eigenvalue weighted by molar-refractivity contribution is 6.31. The van der Waals surface area contributed by atoms with Crippen LogP contribution in [0.15, 0.2) is 53.7 Å². The number of carbonyl (C=O) groups is 1. The smallest absolute Gasteiger partial charge is 0.263 e. The molecule has 2 rings (SSSR count). The summed E-state index contributed by atoms with van der Waals surface area (Å²) in [4.78, 5) is 18.8. The Morgan fingerprint density at radius 1 is 1.25 bits per heavy atom. The van der Waals surface area contributed by atoms with Gasteiger partial charge in [-0.25, -0.2) is 0 Å². The fraction of sp³-hybridized carbons (Fsp3) is 0.222. The van der Waals surface area contributed by atoms with Crippen molar-refractivity contribution in [3.63, 3.8) is 0 Å². The summed E-state index contributed by atoms with van der Waals surface area (Å²) in [6.07, 6.45) is 0. The second kappa shape index (κ2) is 8.36. The third kappa shape index (κ3) is 4.99. The second-order valence-corrected chi connectivity index (χ2v) is 5.87. The maximum absolute atomic E-state index is 12.1. The standard InChI is InChI=1S/C18H20ClN3O2/c1-13-6-3-4-7-15(13)11-22(2)17(23)12-24-21-18(20)14-8-5-9-16(19)10-14/h3-10H,11-12H2,1-2H3,(H2,20,21). The zero-order valence-electron chi connectivity index (χ0n) is 13.7. The van der Waals surface area contributed by atoms with Gasteiger partial charge in [0.2, 0.25) is 0 Å². The molecule has 0 unspecified atom stereocenters. The number of hydrogen-bond donors (Lipinski definition) is 1. The molecule has 6 heteroatoms. The average molecular weight is 346 g/mol. The van der Waals surface area contributed by atoms with E-state index in [2.05, 4.69) is 5.16 Å². The lowest BCUT2D eigenvalue weighted by atomic mass is 10.1.